The van der Waals surface area contributed by atoms with Crippen LogP contribution >= 0.6 is 0 Å². The first kappa shape index (κ1) is 13.8. The number of aryl methyl sites for hydroxylation is 1. The molecular weight excluding hydrogens is 260 g/mol. The fourth-order valence-electron chi connectivity index (χ4n) is 2.82. The number of benzene rings is 2. The van der Waals surface area contributed by atoms with Crippen molar-refractivity contribution in [3.63, 3.8) is 0 Å². The van der Waals surface area contributed by atoms with Gasteiger partial charge in [0.25, 0.3) is 0 Å². The summed E-state index contributed by atoms with van der Waals surface area (Å²) in [7, 11) is 1.82. The monoisotopic (exact) mass is 280 g/mol. The number of hydrogen-bond donors (Lipinski definition) is 1. The van der Waals surface area contributed by atoms with Crippen LogP contribution in [0.2, 0.25) is 0 Å². The molecule has 0 fully saturated rings. The van der Waals surface area contributed by atoms with Gasteiger partial charge in [0.1, 0.15) is 0 Å². The molecule has 21 heavy (non-hydrogen) atoms. The predicted molar refractivity (Wildman–Crippen MR) is 85.4 cm³/mol. The normalized spacial score (nSPS) is 15.2. The summed E-state index contributed by atoms with van der Waals surface area (Å²) in [4.78, 5) is 13.4. The van der Waals surface area contributed by atoms with E-state index in [1.807, 2.05) is 19.2 Å². The second-order valence-electron chi connectivity index (χ2n) is 5.81. The third kappa shape index (κ3) is 2.69. The number of fused-ring (bicyclic) bond motifs is 1. The van der Waals surface area contributed by atoms with Gasteiger partial charge in [-0.15, -0.1) is 0 Å². The Bertz CT molecular complexity index is 676. The number of likely N-dealkylation sites (N-methyl/N-ethyl adjacent to an activating group) is 1. The van der Waals surface area contributed by atoms with Crippen molar-refractivity contribution in [2.75, 3.05) is 11.9 Å². The van der Waals surface area contributed by atoms with E-state index in [0.29, 0.717) is 6.42 Å². The van der Waals surface area contributed by atoms with Crippen molar-refractivity contribution < 1.29 is 4.79 Å². The lowest BCUT2D eigenvalue weighted by Gasteiger charge is -2.15. The standard InChI is InChI=1S/C18H20N2O/c1-12-3-5-13(6-4-12)9-16(19)14-7-8-17-15(10-14)11-18(21)20(17)2/h3-8,10,16H,9,11,19H2,1-2H3. The summed E-state index contributed by atoms with van der Waals surface area (Å²) in [5, 5.41) is 0. The van der Waals surface area contributed by atoms with Crippen LogP contribution in [0.15, 0.2) is 42.5 Å². The number of carbonyl (C=O) groups is 1. The molecule has 0 saturated carbocycles. The summed E-state index contributed by atoms with van der Waals surface area (Å²) in [6, 6.07) is 14.5. The van der Waals surface area contributed by atoms with E-state index < -0.39 is 0 Å². The molecule has 2 aromatic carbocycles. The fourth-order valence-corrected chi connectivity index (χ4v) is 2.82. The first-order valence-electron chi connectivity index (χ1n) is 7.25. The van der Waals surface area contributed by atoms with Crippen molar-refractivity contribution in [1.82, 2.24) is 0 Å². The SMILES string of the molecule is Cc1ccc(CC(N)c2ccc3c(c2)CC(=O)N3C)cc1. The lowest BCUT2D eigenvalue weighted by Crippen LogP contribution is -2.20. The Morgan fingerprint density at radius 3 is 2.62 bits per heavy atom. The molecule has 2 aromatic rings. The molecule has 0 radical (unpaired) electrons. The highest BCUT2D eigenvalue weighted by molar-refractivity contribution is 6.00. The van der Waals surface area contributed by atoms with Crippen LogP contribution in [0.1, 0.15) is 28.3 Å². The highest BCUT2D eigenvalue weighted by atomic mass is 16.2. The van der Waals surface area contributed by atoms with Gasteiger partial charge in [-0.05, 0) is 36.1 Å². The smallest absolute Gasteiger partial charge is 0.231 e. The average Bonchev–Trinajstić information content (AvgIpc) is 2.76. The van der Waals surface area contributed by atoms with Crippen LogP contribution in [0.3, 0.4) is 0 Å². The van der Waals surface area contributed by atoms with Crippen LogP contribution in [0, 0.1) is 6.92 Å². The van der Waals surface area contributed by atoms with Gasteiger partial charge in [-0.1, -0.05) is 42.0 Å². The van der Waals surface area contributed by atoms with Gasteiger partial charge >= 0.3 is 0 Å². The van der Waals surface area contributed by atoms with Crippen molar-refractivity contribution in [2.24, 2.45) is 5.73 Å². The van der Waals surface area contributed by atoms with E-state index in [2.05, 4.69) is 37.3 Å². The zero-order valence-electron chi connectivity index (χ0n) is 12.5. The van der Waals surface area contributed by atoms with Crippen molar-refractivity contribution in [1.29, 1.82) is 0 Å². The molecule has 1 atom stereocenters. The zero-order valence-corrected chi connectivity index (χ0v) is 12.5. The van der Waals surface area contributed by atoms with Crippen LogP contribution in [0.25, 0.3) is 0 Å². The molecule has 0 aliphatic carbocycles. The maximum absolute atomic E-state index is 11.7. The third-order valence-electron chi connectivity index (χ3n) is 4.19. The quantitative estimate of drug-likeness (QED) is 0.939. The predicted octanol–water partition coefficient (Wildman–Crippen LogP) is 2.76. The molecule has 0 aromatic heterocycles. The van der Waals surface area contributed by atoms with Crippen LogP contribution in [0.5, 0.6) is 0 Å². The summed E-state index contributed by atoms with van der Waals surface area (Å²) >= 11 is 0. The van der Waals surface area contributed by atoms with Crippen molar-refractivity contribution in [3.05, 3.63) is 64.7 Å². The molecule has 3 heteroatoms. The van der Waals surface area contributed by atoms with Gasteiger partial charge in [0.15, 0.2) is 0 Å². The summed E-state index contributed by atoms with van der Waals surface area (Å²) in [6.07, 6.45) is 1.29. The minimum absolute atomic E-state index is 0.0426. The molecule has 3 rings (SSSR count). The Hall–Kier alpha value is -2.13. The van der Waals surface area contributed by atoms with E-state index in [-0.39, 0.29) is 11.9 Å². The van der Waals surface area contributed by atoms with Crippen molar-refractivity contribution in [2.45, 2.75) is 25.8 Å². The topological polar surface area (TPSA) is 46.3 Å². The molecule has 2 N–H and O–H groups in total. The Balaban J connectivity index is 1.80. The minimum atomic E-state index is -0.0426. The number of carbonyl (C=O) groups excluding carboxylic acids is 1. The third-order valence-corrected chi connectivity index (χ3v) is 4.19. The van der Waals surface area contributed by atoms with E-state index in [1.54, 1.807) is 4.90 Å². The molecule has 0 saturated heterocycles. The van der Waals surface area contributed by atoms with Gasteiger partial charge in [0.05, 0.1) is 6.42 Å². The van der Waals surface area contributed by atoms with Gasteiger partial charge in [-0.25, -0.2) is 0 Å². The first-order valence-corrected chi connectivity index (χ1v) is 7.25. The number of amides is 1. The summed E-state index contributed by atoms with van der Waals surface area (Å²) in [5.74, 6) is 0.147. The number of rotatable bonds is 3. The Labute approximate surface area is 125 Å². The van der Waals surface area contributed by atoms with Crippen molar-refractivity contribution >= 4 is 11.6 Å². The lowest BCUT2D eigenvalue weighted by molar-refractivity contribution is -0.117. The molecule has 3 nitrogen and oxygen atoms in total. The Morgan fingerprint density at radius 1 is 1.19 bits per heavy atom. The second kappa shape index (κ2) is 5.34. The van der Waals surface area contributed by atoms with Crippen LogP contribution < -0.4 is 10.6 Å². The zero-order chi connectivity index (χ0) is 15.0. The minimum Gasteiger partial charge on any atom is -0.324 e. The number of nitrogens with zero attached hydrogens (tertiary/aromatic N) is 1. The average molecular weight is 280 g/mol. The maximum Gasteiger partial charge on any atom is 0.231 e. The molecule has 1 aliphatic rings. The molecular formula is C18H20N2O. The van der Waals surface area contributed by atoms with Crippen LogP contribution in [0.4, 0.5) is 5.69 Å². The molecule has 0 spiro atoms. The van der Waals surface area contributed by atoms with E-state index >= 15 is 0 Å². The lowest BCUT2D eigenvalue weighted by atomic mass is 9.97. The largest absolute Gasteiger partial charge is 0.324 e. The number of nitrogens with two attached hydrogens (primary N) is 1. The molecule has 1 heterocycles. The highest BCUT2D eigenvalue weighted by Crippen LogP contribution is 2.30. The molecule has 1 amide bonds. The summed E-state index contributed by atoms with van der Waals surface area (Å²) < 4.78 is 0. The van der Waals surface area contributed by atoms with Crippen LogP contribution in [-0.4, -0.2) is 13.0 Å². The van der Waals surface area contributed by atoms with Gasteiger partial charge in [-0.3, -0.25) is 4.79 Å². The van der Waals surface area contributed by atoms with Gasteiger partial charge in [-0.2, -0.15) is 0 Å². The molecule has 0 bridgehead atoms. The van der Waals surface area contributed by atoms with E-state index in [9.17, 15) is 4.79 Å². The molecule has 108 valence electrons. The highest BCUT2D eigenvalue weighted by Gasteiger charge is 2.24. The molecule has 1 unspecified atom stereocenters. The maximum atomic E-state index is 11.7. The number of anilines is 1. The Morgan fingerprint density at radius 2 is 1.90 bits per heavy atom. The van der Waals surface area contributed by atoms with E-state index in [0.717, 1.165) is 23.2 Å². The van der Waals surface area contributed by atoms with E-state index in [4.69, 9.17) is 5.73 Å². The van der Waals surface area contributed by atoms with Gasteiger partial charge in [0.2, 0.25) is 5.91 Å². The summed E-state index contributed by atoms with van der Waals surface area (Å²) in [6.45, 7) is 2.08. The van der Waals surface area contributed by atoms with Crippen LogP contribution in [-0.2, 0) is 17.6 Å². The fraction of sp³-hybridized carbons (Fsp3) is 0.278. The second-order valence-corrected chi connectivity index (χ2v) is 5.81. The van der Waals surface area contributed by atoms with Crippen molar-refractivity contribution in [3.8, 4) is 0 Å². The van der Waals surface area contributed by atoms with Gasteiger partial charge in [0, 0.05) is 18.8 Å². The van der Waals surface area contributed by atoms with E-state index in [1.165, 1.54) is 11.1 Å². The first-order chi connectivity index (χ1) is 10.0. The molecule has 1 aliphatic heterocycles. The van der Waals surface area contributed by atoms with Gasteiger partial charge < -0.3 is 10.6 Å². The number of hydrogen-bond acceptors (Lipinski definition) is 2. The Kier molecular flexibility index (Phi) is 3.52. The summed E-state index contributed by atoms with van der Waals surface area (Å²) in [5.41, 5.74) is 12.0.